The summed E-state index contributed by atoms with van der Waals surface area (Å²) in [6.07, 6.45) is 2.31. The first kappa shape index (κ1) is 20.4. The molecule has 2 amide bonds. The Bertz CT molecular complexity index is 1000. The third-order valence-corrected chi connectivity index (χ3v) is 8.00. The fourth-order valence-corrected chi connectivity index (χ4v) is 6.19. The summed E-state index contributed by atoms with van der Waals surface area (Å²) in [7, 11) is 1.61. The molecule has 0 unspecified atom stereocenters. The van der Waals surface area contributed by atoms with Gasteiger partial charge in [0.25, 0.3) is 5.91 Å². The van der Waals surface area contributed by atoms with Crippen molar-refractivity contribution in [3.63, 3.8) is 0 Å². The van der Waals surface area contributed by atoms with Crippen molar-refractivity contribution in [3.8, 4) is 5.75 Å². The lowest BCUT2D eigenvalue weighted by Crippen LogP contribution is -2.52. The van der Waals surface area contributed by atoms with E-state index >= 15 is 0 Å². The van der Waals surface area contributed by atoms with Crippen LogP contribution in [0, 0.1) is 5.92 Å². The third kappa shape index (κ3) is 3.22. The van der Waals surface area contributed by atoms with Gasteiger partial charge in [0.15, 0.2) is 0 Å². The summed E-state index contributed by atoms with van der Waals surface area (Å²) in [5.41, 5.74) is 2.52. The van der Waals surface area contributed by atoms with Crippen LogP contribution in [0.1, 0.15) is 25.3 Å². The van der Waals surface area contributed by atoms with Gasteiger partial charge < -0.3 is 4.74 Å². The third-order valence-electron chi connectivity index (χ3n) is 6.61. The number of rotatable bonds is 4. The molecule has 0 aromatic heterocycles. The van der Waals surface area contributed by atoms with Crippen molar-refractivity contribution in [2.24, 2.45) is 5.92 Å². The molecule has 162 valence electrons. The zero-order chi connectivity index (χ0) is 21.6. The van der Waals surface area contributed by atoms with Crippen LogP contribution in [-0.2, 0) is 14.5 Å². The number of carbonyl (C=O) groups is 2. The summed E-state index contributed by atoms with van der Waals surface area (Å²) in [5.74, 6) is 1.65. The molecule has 1 spiro atoms. The Morgan fingerprint density at radius 1 is 1.06 bits per heavy atom. The summed E-state index contributed by atoms with van der Waals surface area (Å²) < 4.78 is 5.27. The van der Waals surface area contributed by atoms with E-state index in [4.69, 9.17) is 4.74 Å². The smallest absolute Gasteiger partial charge is 0.269 e. The molecular weight excluding hydrogens is 410 g/mol. The number of hydrogen-bond donors (Lipinski definition) is 0. The van der Waals surface area contributed by atoms with Gasteiger partial charge in [-0.3, -0.25) is 24.3 Å². The number of methoxy groups -OCH3 is 1. The quantitative estimate of drug-likeness (QED) is 0.731. The Morgan fingerprint density at radius 2 is 1.77 bits per heavy atom. The minimum Gasteiger partial charge on any atom is -0.497 e. The maximum Gasteiger partial charge on any atom is 0.269 e. The van der Waals surface area contributed by atoms with E-state index in [0.29, 0.717) is 12.4 Å². The topological polar surface area (TPSA) is 53.1 Å². The predicted molar refractivity (Wildman–Crippen MR) is 123 cm³/mol. The molecular formula is C24H27N3O3S. The molecule has 2 saturated heterocycles. The van der Waals surface area contributed by atoms with Gasteiger partial charge in [0.05, 0.1) is 25.2 Å². The zero-order valence-corrected chi connectivity index (χ0v) is 18.7. The van der Waals surface area contributed by atoms with Gasteiger partial charge in [0, 0.05) is 24.3 Å². The highest BCUT2D eigenvalue weighted by molar-refractivity contribution is 8.02. The molecule has 2 aromatic carbocycles. The van der Waals surface area contributed by atoms with Crippen LogP contribution in [0.5, 0.6) is 5.75 Å². The summed E-state index contributed by atoms with van der Waals surface area (Å²) in [6.45, 7) is 4.84. The van der Waals surface area contributed by atoms with Gasteiger partial charge in [0.1, 0.15) is 5.75 Å². The van der Waals surface area contributed by atoms with Gasteiger partial charge >= 0.3 is 0 Å². The number of anilines is 2. The number of nitrogens with zero attached hydrogens (tertiary/aromatic N) is 3. The fourth-order valence-electron chi connectivity index (χ4n) is 4.83. The van der Waals surface area contributed by atoms with E-state index in [1.807, 2.05) is 53.4 Å². The molecule has 2 aromatic rings. The highest BCUT2D eigenvalue weighted by Gasteiger charge is 2.61. The molecule has 0 radical (unpaired) electrons. The highest BCUT2D eigenvalue weighted by Crippen LogP contribution is 2.55. The number of likely N-dealkylation sites (tertiary alicyclic amines) is 1. The lowest BCUT2D eigenvalue weighted by molar-refractivity contribution is -0.124. The maximum atomic E-state index is 14.0. The van der Waals surface area contributed by atoms with Crippen LogP contribution in [0.4, 0.5) is 11.4 Å². The predicted octanol–water partition coefficient (Wildman–Crippen LogP) is 3.66. The van der Waals surface area contributed by atoms with Crippen LogP contribution in [-0.4, -0.2) is 49.3 Å². The molecule has 5 rings (SSSR count). The number of carbonyl (C=O) groups excluding carboxylic acids is 2. The normalized spacial score (nSPS) is 24.3. The number of benzene rings is 2. The van der Waals surface area contributed by atoms with E-state index < -0.39 is 4.87 Å². The van der Waals surface area contributed by atoms with Crippen LogP contribution >= 0.6 is 11.8 Å². The fraction of sp³-hybridized carbons (Fsp3) is 0.417. The first-order valence-corrected chi connectivity index (χ1v) is 11.8. The average molecular weight is 438 g/mol. The van der Waals surface area contributed by atoms with Crippen molar-refractivity contribution in [3.05, 3.63) is 54.1 Å². The Balaban J connectivity index is 1.54. The Hall–Kier alpha value is -2.51. The largest absolute Gasteiger partial charge is 0.497 e. The summed E-state index contributed by atoms with van der Waals surface area (Å²) in [5, 5.41) is 0. The van der Waals surface area contributed by atoms with Crippen molar-refractivity contribution in [2.75, 3.05) is 42.4 Å². The van der Waals surface area contributed by atoms with Crippen molar-refractivity contribution < 1.29 is 14.3 Å². The SMILES string of the molecule is COc1ccc(N2C(=O)CS[C@@]23C(=O)N(CN2CCC(C)CC2)c2ccccc23)cc1. The van der Waals surface area contributed by atoms with E-state index in [1.54, 1.807) is 12.0 Å². The van der Waals surface area contributed by atoms with Crippen LogP contribution < -0.4 is 14.5 Å². The molecule has 0 N–H and O–H groups in total. The molecule has 0 bridgehead atoms. The molecule has 3 aliphatic rings. The maximum absolute atomic E-state index is 14.0. The molecule has 6 nitrogen and oxygen atoms in total. The summed E-state index contributed by atoms with van der Waals surface area (Å²) in [6, 6.07) is 15.3. The van der Waals surface area contributed by atoms with E-state index in [0.717, 1.165) is 48.8 Å². The van der Waals surface area contributed by atoms with Gasteiger partial charge in [-0.2, -0.15) is 0 Å². The molecule has 31 heavy (non-hydrogen) atoms. The second-order valence-electron chi connectivity index (χ2n) is 8.55. The van der Waals surface area contributed by atoms with E-state index in [9.17, 15) is 9.59 Å². The lowest BCUT2D eigenvalue weighted by Gasteiger charge is -2.35. The monoisotopic (exact) mass is 437 g/mol. The molecule has 1 atom stereocenters. The van der Waals surface area contributed by atoms with Gasteiger partial charge in [-0.1, -0.05) is 25.1 Å². The standard InChI is InChI=1S/C24H27N3O3S/c1-17-11-13-25(14-12-17)16-26-21-6-4-3-5-20(21)24(23(26)29)27(22(28)15-31-24)18-7-9-19(30-2)10-8-18/h3-10,17H,11-16H2,1-2H3/t24-/m0/s1. The highest BCUT2D eigenvalue weighted by atomic mass is 32.2. The zero-order valence-electron chi connectivity index (χ0n) is 17.9. The molecule has 3 aliphatic heterocycles. The number of thioether (sulfide) groups is 1. The minimum atomic E-state index is -1.05. The second-order valence-corrected chi connectivity index (χ2v) is 9.72. The average Bonchev–Trinajstić information content (AvgIpc) is 3.26. The van der Waals surface area contributed by atoms with Gasteiger partial charge in [-0.25, -0.2) is 0 Å². The first-order valence-electron chi connectivity index (χ1n) is 10.8. The van der Waals surface area contributed by atoms with Crippen LogP contribution in [0.3, 0.4) is 0 Å². The summed E-state index contributed by atoms with van der Waals surface area (Å²) in [4.78, 5) is 32.0. The number of hydrogen-bond acceptors (Lipinski definition) is 5. The van der Waals surface area contributed by atoms with Crippen LogP contribution in [0.15, 0.2) is 48.5 Å². The minimum absolute atomic E-state index is 0.0287. The number of ether oxygens (including phenoxy) is 1. The van der Waals surface area contributed by atoms with E-state index in [-0.39, 0.29) is 17.6 Å². The Morgan fingerprint density at radius 3 is 2.48 bits per heavy atom. The van der Waals surface area contributed by atoms with Gasteiger partial charge in [-0.15, -0.1) is 11.8 Å². The van der Waals surface area contributed by atoms with Gasteiger partial charge in [-0.05, 0) is 49.1 Å². The van der Waals surface area contributed by atoms with Gasteiger partial charge in [0.2, 0.25) is 10.8 Å². The first-order chi connectivity index (χ1) is 15.0. The molecule has 7 heteroatoms. The molecule has 2 fully saturated rings. The Labute approximate surface area is 187 Å². The molecule has 0 aliphatic carbocycles. The van der Waals surface area contributed by atoms with Crippen molar-refractivity contribution in [1.29, 1.82) is 0 Å². The summed E-state index contributed by atoms with van der Waals surface area (Å²) >= 11 is 1.43. The molecule has 0 saturated carbocycles. The molecule has 3 heterocycles. The number of para-hydroxylation sites is 1. The Kier molecular flexibility index (Phi) is 5.18. The van der Waals surface area contributed by atoms with Crippen LogP contribution in [0.25, 0.3) is 0 Å². The number of amides is 2. The van der Waals surface area contributed by atoms with Crippen molar-refractivity contribution >= 4 is 35.0 Å². The van der Waals surface area contributed by atoms with E-state index in [1.165, 1.54) is 11.8 Å². The van der Waals surface area contributed by atoms with Crippen molar-refractivity contribution in [2.45, 2.75) is 24.6 Å². The second kappa shape index (κ2) is 7.88. The number of piperidine rings is 1. The van der Waals surface area contributed by atoms with Crippen molar-refractivity contribution in [1.82, 2.24) is 4.90 Å². The lowest BCUT2D eigenvalue weighted by atomic mass is 10.00. The van der Waals surface area contributed by atoms with E-state index in [2.05, 4.69) is 11.8 Å². The number of fused-ring (bicyclic) bond motifs is 2. The van der Waals surface area contributed by atoms with Crippen LogP contribution in [0.2, 0.25) is 0 Å².